The molecule has 0 N–H and O–H groups in total. The van der Waals surface area contributed by atoms with Crippen LogP contribution >= 0.6 is 34.2 Å². The van der Waals surface area contributed by atoms with Crippen molar-refractivity contribution in [1.82, 2.24) is 4.98 Å². The van der Waals surface area contributed by atoms with Crippen molar-refractivity contribution in [2.75, 3.05) is 0 Å². The SMILES string of the molecule is Clc1nc2cc(I)ccc2o1. The van der Waals surface area contributed by atoms with Gasteiger partial charge in [-0.25, -0.2) is 0 Å². The van der Waals surface area contributed by atoms with E-state index in [4.69, 9.17) is 16.0 Å². The van der Waals surface area contributed by atoms with Crippen molar-refractivity contribution in [3.8, 4) is 0 Å². The van der Waals surface area contributed by atoms with Crippen LogP contribution in [0.5, 0.6) is 0 Å². The van der Waals surface area contributed by atoms with Crippen molar-refractivity contribution in [1.29, 1.82) is 0 Å². The zero-order valence-electron chi connectivity index (χ0n) is 5.34. The summed E-state index contributed by atoms with van der Waals surface area (Å²) < 4.78 is 6.20. The van der Waals surface area contributed by atoms with E-state index in [2.05, 4.69) is 27.6 Å². The summed E-state index contributed by atoms with van der Waals surface area (Å²) in [6.45, 7) is 0. The molecule has 0 aliphatic heterocycles. The Hall–Kier alpha value is -0.290. The first-order chi connectivity index (χ1) is 5.25. The summed E-state index contributed by atoms with van der Waals surface area (Å²) in [6.07, 6.45) is 0. The first-order valence-electron chi connectivity index (χ1n) is 2.97. The summed E-state index contributed by atoms with van der Waals surface area (Å²) >= 11 is 7.77. The van der Waals surface area contributed by atoms with E-state index in [9.17, 15) is 0 Å². The van der Waals surface area contributed by atoms with E-state index in [0.29, 0.717) is 0 Å². The fourth-order valence-electron chi connectivity index (χ4n) is 0.872. The fraction of sp³-hybridized carbons (Fsp3) is 0. The second kappa shape index (κ2) is 2.64. The number of aromatic nitrogens is 1. The molecule has 2 aromatic rings. The molecule has 0 aliphatic rings. The molecule has 56 valence electrons. The Bertz CT molecular complexity index is 398. The third-order valence-electron chi connectivity index (χ3n) is 1.32. The Balaban J connectivity index is 2.82. The van der Waals surface area contributed by atoms with Gasteiger partial charge in [0.05, 0.1) is 0 Å². The minimum Gasteiger partial charge on any atom is -0.428 e. The van der Waals surface area contributed by atoms with Gasteiger partial charge < -0.3 is 4.42 Å². The molecule has 0 unspecified atom stereocenters. The Labute approximate surface area is 81.7 Å². The number of fused-ring (bicyclic) bond motifs is 1. The maximum atomic E-state index is 5.56. The number of oxazole rings is 1. The summed E-state index contributed by atoms with van der Waals surface area (Å²) in [5.41, 5.74) is 1.54. The third kappa shape index (κ3) is 1.35. The zero-order chi connectivity index (χ0) is 7.84. The average Bonchev–Trinajstić information content (AvgIpc) is 2.27. The molecule has 2 nitrogen and oxygen atoms in total. The van der Waals surface area contributed by atoms with Crippen molar-refractivity contribution in [3.63, 3.8) is 0 Å². The molecular formula is C7H3ClINO. The minimum atomic E-state index is 0.196. The molecule has 0 aliphatic carbocycles. The van der Waals surface area contributed by atoms with Gasteiger partial charge in [-0.05, 0) is 52.4 Å². The number of rotatable bonds is 0. The van der Waals surface area contributed by atoms with Crippen LogP contribution in [0.4, 0.5) is 0 Å². The maximum absolute atomic E-state index is 5.56. The molecule has 0 saturated heterocycles. The van der Waals surface area contributed by atoms with E-state index in [1.54, 1.807) is 0 Å². The molecule has 1 aromatic heterocycles. The molecule has 0 bridgehead atoms. The fourth-order valence-corrected chi connectivity index (χ4v) is 1.52. The first-order valence-corrected chi connectivity index (χ1v) is 4.43. The van der Waals surface area contributed by atoms with E-state index in [1.807, 2.05) is 18.2 Å². The molecule has 0 radical (unpaired) electrons. The molecular weight excluding hydrogens is 276 g/mol. The predicted octanol–water partition coefficient (Wildman–Crippen LogP) is 3.09. The topological polar surface area (TPSA) is 26.0 Å². The van der Waals surface area contributed by atoms with Crippen LogP contribution in [0.25, 0.3) is 11.1 Å². The van der Waals surface area contributed by atoms with Crippen LogP contribution in [0.2, 0.25) is 5.35 Å². The van der Waals surface area contributed by atoms with Crippen LogP contribution in [-0.4, -0.2) is 4.98 Å². The highest BCUT2D eigenvalue weighted by Gasteiger charge is 2.01. The molecule has 0 amide bonds. The highest BCUT2D eigenvalue weighted by molar-refractivity contribution is 14.1. The lowest BCUT2D eigenvalue weighted by molar-refractivity contribution is 0.604. The van der Waals surface area contributed by atoms with E-state index in [0.717, 1.165) is 14.7 Å². The van der Waals surface area contributed by atoms with Crippen LogP contribution in [0.1, 0.15) is 0 Å². The van der Waals surface area contributed by atoms with Crippen molar-refractivity contribution >= 4 is 45.3 Å². The summed E-state index contributed by atoms with van der Waals surface area (Å²) in [6, 6.07) is 5.73. The summed E-state index contributed by atoms with van der Waals surface area (Å²) in [5, 5.41) is 0.196. The number of hydrogen-bond donors (Lipinski definition) is 0. The summed E-state index contributed by atoms with van der Waals surface area (Å²) in [5.74, 6) is 0. The van der Waals surface area contributed by atoms with Gasteiger partial charge in [-0.15, -0.1) is 0 Å². The van der Waals surface area contributed by atoms with Gasteiger partial charge in [0.15, 0.2) is 5.58 Å². The molecule has 2 rings (SSSR count). The van der Waals surface area contributed by atoms with Crippen LogP contribution in [0.3, 0.4) is 0 Å². The number of nitrogens with zero attached hydrogens (tertiary/aromatic N) is 1. The second-order valence-corrected chi connectivity index (χ2v) is 3.65. The smallest absolute Gasteiger partial charge is 0.293 e. The standard InChI is InChI=1S/C7H3ClINO/c8-7-10-5-3-4(9)1-2-6(5)11-7/h1-3H. The van der Waals surface area contributed by atoms with Gasteiger partial charge in [0.1, 0.15) is 5.52 Å². The highest BCUT2D eigenvalue weighted by Crippen LogP contribution is 2.20. The van der Waals surface area contributed by atoms with Crippen molar-refractivity contribution < 1.29 is 4.42 Å². The quantitative estimate of drug-likeness (QED) is 0.693. The molecule has 0 spiro atoms. The van der Waals surface area contributed by atoms with E-state index >= 15 is 0 Å². The molecule has 0 saturated carbocycles. The van der Waals surface area contributed by atoms with Gasteiger partial charge >= 0.3 is 0 Å². The van der Waals surface area contributed by atoms with E-state index in [-0.39, 0.29) is 5.35 Å². The van der Waals surface area contributed by atoms with Crippen molar-refractivity contribution in [2.24, 2.45) is 0 Å². The number of hydrogen-bond acceptors (Lipinski definition) is 2. The van der Waals surface area contributed by atoms with Gasteiger partial charge in [-0.2, -0.15) is 4.98 Å². The molecule has 1 aromatic carbocycles. The van der Waals surface area contributed by atoms with Crippen LogP contribution < -0.4 is 0 Å². The first kappa shape index (κ1) is 7.36. The van der Waals surface area contributed by atoms with Crippen molar-refractivity contribution in [2.45, 2.75) is 0 Å². The molecule has 11 heavy (non-hydrogen) atoms. The van der Waals surface area contributed by atoms with Gasteiger partial charge in [0.25, 0.3) is 5.35 Å². The van der Waals surface area contributed by atoms with Gasteiger partial charge in [0.2, 0.25) is 0 Å². The van der Waals surface area contributed by atoms with E-state index < -0.39 is 0 Å². The van der Waals surface area contributed by atoms with Crippen LogP contribution in [-0.2, 0) is 0 Å². The van der Waals surface area contributed by atoms with Crippen LogP contribution in [0, 0.1) is 3.57 Å². The minimum absolute atomic E-state index is 0.196. The van der Waals surface area contributed by atoms with Crippen molar-refractivity contribution in [3.05, 3.63) is 27.1 Å². The summed E-state index contributed by atoms with van der Waals surface area (Å²) in [7, 11) is 0. The number of benzene rings is 1. The monoisotopic (exact) mass is 279 g/mol. The van der Waals surface area contributed by atoms with E-state index in [1.165, 1.54) is 0 Å². The zero-order valence-corrected chi connectivity index (χ0v) is 8.26. The highest BCUT2D eigenvalue weighted by atomic mass is 127. The van der Waals surface area contributed by atoms with Gasteiger partial charge in [-0.3, -0.25) is 0 Å². The Morgan fingerprint density at radius 1 is 1.45 bits per heavy atom. The van der Waals surface area contributed by atoms with Crippen LogP contribution in [0.15, 0.2) is 22.6 Å². The molecule has 0 fully saturated rings. The lowest BCUT2D eigenvalue weighted by Gasteiger charge is -1.85. The lowest BCUT2D eigenvalue weighted by atomic mass is 10.3. The lowest BCUT2D eigenvalue weighted by Crippen LogP contribution is -1.69. The molecule has 0 atom stereocenters. The van der Waals surface area contributed by atoms with Gasteiger partial charge in [0, 0.05) is 3.57 Å². The third-order valence-corrected chi connectivity index (χ3v) is 2.16. The Kier molecular flexibility index (Phi) is 1.77. The predicted molar refractivity (Wildman–Crippen MR) is 51.7 cm³/mol. The average molecular weight is 279 g/mol. The molecule has 1 heterocycles. The Morgan fingerprint density at radius 2 is 2.27 bits per heavy atom. The summed E-state index contributed by atoms with van der Waals surface area (Å²) in [4.78, 5) is 3.97. The Morgan fingerprint density at radius 3 is 3.09 bits per heavy atom. The largest absolute Gasteiger partial charge is 0.428 e. The normalized spacial score (nSPS) is 10.7. The molecule has 4 heteroatoms. The number of halogens is 2. The maximum Gasteiger partial charge on any atom is 0.293 e. The second-order valence-electron chi connectivity index (χ2n) is 2.08. The van der Waals surface area contributed by atoms with Gasteiger partial charge in [-0.1, -0.05) is 0 Å².